The van der Waals surface area contributed by atoms with E-state index >= 15 is 0 Å². The van der Waals surface area contributed by atoms with Crippen LogP contribution in [0.15, 0.2) is 18.2 Å². The van der Waals surface area contributed by atoms with Crippen molar-refractivity contribution < 1.29 is 9.47 Å². The molecular weight excluding hydrogens is 236 g/mol. The molecule has 0 saturated heterocycles. The van der Waals surface area contributed by atoms with E-state index < -0.39 is 0 Å². The van der Waals surface area contributed by atoms with Crippen LogP contribution in [0, 0.1) is 5.92 Å². The molecule has 0 bridgehead atoms. The number of hydrogen-bond acceptors (Lipinski definition) is 2. The Kier molecular flexibility index (Phi) is 5.63. The maximum Gasteiger partial charge on any atom is 0.161 e. The first-order chi connectivity index (χ1) is 8.12. The maximum absolute atomic E-state index is 6.41. The molecule has 0 aromatic heterocycles. The molecule has 0 radical (unpaired) electrons. The Hall–Kier alpha value is -0.890. The zero-order valence-electron chi connectivity index (χ0n) is 11.0. The highest BCUT2D eigenvalue weighted by Gasteiger charge is 2.14. The van der Waals surface area contributed by atoms with Gasteiger partial charge in [0.2, 0.25) is 0 Å². The van der Waals surface area contributed by atoms with Gasteiger partial charge in [-0.05, 0) is 30.0 Å². The summed E-state index contributed by atoms with van der Waals surface area (Å²) < 4.78 is 10.5. The third-order valence-electron chi connectivity index (χ3n) is 3.08. The highest BCUT2D eigenvalue weighted by molar-refractivity contribution is 6.20. The van der Waals surface area contributed by atoms with Crippen molar-refractivity contribution in [1.29, 1.82) is 0 Å². The second-order valence-corrected chi connectivity index (χ2v) is 4.86. The van der Waals surface area contributed by atoms with E-state index in [1.165, 1.54) is 0 Å². The van der Waals surface area contributed by atoms with E-state index in [9.17, 15) is 0 Å². The molecule has 1 aromatic rings. The van der Waals surface area contributed by atoms with Gasteiger partial charge in [0.05, 0.1) is 19.6 Å². The predicted molar refractivity (Wildman–Crippen MR) is 72.2 cm³/mol. The minimum Gasteiger partial charge on any atom is -0.493 e. The van der Waals surface area contributed by atoms with Crippen LogP contribution in [0.25, 0.3) is 0 Å². The number of methoxy groups -OCH3 is 2. The monoisotopic (exact) mass is 256 g/mol. The van der Waals surface area contributed by atoms with E-state index in [-0.39, 0.29) is 5.38 Å². The van der Waals surface area contributed by atoms with Gasteiger partial charge in [0.1, 0.15) is 0 Å². The van der Waals surface area contributed by atoms with Crippen LogP contribution in [0.1, 0.15) is 37.6 Å². The third kappa shape index (κ3) is 3.81. The Bertz CT molecular complexity index is 352. The zero-order chi connectivity index (χ0) is 12.8. The van der Waals surface area contributed by atoms with Crippen molar-refractivity contribution in [2.75, 3.05) is 14.2 Å². The second-order valence-electron chi connectivity index (χ2n) is 4.33. The van der Waals surface area contributed by atoms with Gasteiger partial charge >= 0.3 is 0 Å². The summed E-state index contributed by atoms with van der Waals surface area (Å²) in [6.07, 6.45) is 2.13. The van der Waals surface area contributed by atoms with Crippen LogP contribution in [-0.2, 0) is 0 Å². The van der Waals surface area contributed by atoms with Crippen molar-refractivity contribution in [1.82, 2.24) is 0 Å². The van der Waals surface area contributed by atoms with E-state index in [0.29, 0.717) is 5.92 Å². The van der Waals surface area contributed by atoms with Gasteiger partial charge in [-0.15, -0.1) is 11.6 Å². The molecule has 2 unspecified atom stereocenters. The van der Waals surface area contributed by atoms with Gasteiger partial charge in [-0.3, -0.25) is 0 Å². The van der Waals surface area contributed by atoms with Crippen LogP contribution in [0.4, 0.5) is 0 Å². The summed E-state index contributed by atoms with van der Waals surface area (Å²) in [6, 6.07) is 5.86. The van der Waals surface area contributed by atoms with Crippen molar-refractivity contribution in [3.63, 3.8) is 0 Å². The average Bonchev–Trinajstić information content (AvgIpc) is 2.37. The topological polar surface area (TPSA) is 18.5 Å². The minimum atomic E-state index is 0.0322. The van der Waals surface area contributed by atoms with Gasteiger partial charge < -0.3 is 9.47 Å². The number of halogens is 1. The number of rotatable bonds is 6. The Morgan fingerprint density at radius 3 is 2.35 bits per heavy atom. The molecule has 0 N–H and O–H groups in total. The van der Waals surface area contributed by atoms with E-state index in [2.05, 4.69) is 13.8 Å². The molecule has 0 aliphatic carbocycles. The number of benzene rings is 1. The van der Waals surface area contributed by atoms with Crippen LogP contribution in [0.2, 0.25) is 0 Å². The summed E-state index contributed by atoms with van der Waals surface area (Å²) in [4.78, 5) is 0. The predicted octanol–water partition coefficient (Wildman–Crippen LogP) is 4.42. The molecule has 1 rings (SSSR count). The molecule has 2 nitrogen and oxygen atoms in total. The van der Waals surface area contributed by atoms with Crippen LogP contribution in [-0.4, -0.2) is 14.2 Å². The van der Waals surface area contributed by atoms with Gasteiger partial charge in [-0.25, -0.2) is 0 Å². The number of alkyl halides is 1. The van der Waals surface area contributed by atoms with Crippen LogP contribution >= 0.6 is 11.6 Å². The lowest BCUT2D eigenvalue weighted by Gasteiger charge is -2.16. The third-order valence-corrected chi connectivity index (χ3v) is 3.51. The summed E-state index contributed by atoms with van der Waals surface area (Å²) in [5.74, 6) is 2.11. The molecule has 17 heavy (non-hydrogen) atoms. The summed E-state index contributed by atoms with van der Waals surface area (Å²) in [5, 5.41) is 0.0322. The Morgan fingerprint density at radius 1 is 1.18 bits per heavy atom. The fourth-order valence-corrected chi connectivity index (χ4v) is 2.14. The maximum atomic E-state index is 6.41. The van der Waals surface area contributed by atoms with Gasteiger partial charge in [0.15, 0.2) is 11.5 Å². The molecule has 0 fully saturated rings. The number of hydrogen-bond donors (Lipinski definition) is 0. The molecule has 0 aliphatic rings. The summed E-state index contributed by atoms with van der Waals surface area (Å²) in [5.41, 5.74) is 1.09. The standard InChI is InChI=1S/C14H21ClO2/c1-5-10(2)8-12(15)11-6-7-13(16-3)14(9-11)17-4/h6-7,9-10,12H,5,8H2,1-4H3. The first-order valence-electron chi connectivity index (χ1n) is 5.98. The molecule has 0 amide bonds. The second kappa shape index (κ2) is 6.75. The zero-order valence-corrected chi connectivity index (χ0v) is 11.8. The molecule has 0 heterocycles. The van der Waals surface area contributed by atoms with Crippen molar-refractivity contribution in [2.24, 2.45) is 5.92 Å². The summed E-state index contributed by atoms with van der Waals surface area (Å²) in [7, 11) is 3.27. The lowest BCUT2D eigenvalue weighted by Crippen LogP contribution is -2.00. The SMILES string of the molecule is CCC(C)CC(Cl)c1ccc(OC)c(OC)c1. The molecule has 2 atom stereocenters. The van der Waals surface area contributed by atoms with Gasteiger partial charge in [0, 0.05) is 0 Å². The Labute approximate surface area is 109 Å². The first-order valence-corrected chi connectivity index (χ1v) is 6.42. The number of ether oxygens (including phenoxy) is 2. The fourth-order valence-electron chi connectivity index (χ4n) is 1.70. The molecule has 96 valence electrons. The fraction of sp³-hybridized carbons (Fsp3) is 0.571. The van der Waals surface area contributed by atoms with E-state index in [0.717, 1.165) is 29.9 Å². The normalized spacial score (nSPS) is 14.2. The first kappa shape index (κ1) is 14.2. The smallest absolute Gasteiger partial charge is 0.161 e. The summed E-state index contributed by atoms with van der Waals surface area (Å²) in [6.45, 7) is 4.40. The largest absolute Gasteiger partial charge is 0.493 e. The highest BCUT2D eigenvalue weighted by atomic mass is 35.5. The highest BCUT2D eigenvalue weighted by Crippen LogP contribution is 2.35. The molecular formula is C14H21ClO2. The van der Waals surface area contributed by atoms with E-state index in [1.807, 2.05) is 18.2 Å². The van der Waals surface area contributed by atoms with Crippen molar-refractivity contribution in [3.8, 4) is 11.5 Å². The lowest BCUT2D eigenvalue weighted by atomic mass is 9.98. The summed E-state index contributed by atoms with van der Waals surface area (Å²) >= 11 is 6.41. The molecule has 1 aromatic carbocycles. The average molecular weight is 257 g/mol. The van der Waals surface area contributed by atoms with Gasteiger partial charge in [0.25, 0.3) is 0 Å². The van der Waals surface area contributed by atoms with Crippen molar-refractivity contribution in [2.45, 2.75) is 32.1 Å². The van der Waals surface area contributed by atoms with Crippen molar-refractivity contribution >= 4 is 11.6 Å². The van der Waals surface area contributed by atoms with E-state index in [4.69, 9.17) is 21.1 Å². The minimum absolute atomic E-state index is 0.0322. The van der Waals surface area contributed by atoms with Crippen LogP contribution in [0.3, 0.4) is 0 Å². The van der Waals surface area contributed by atoms with Crippen LogP contribution in [0.5, 0.6) is 11.5 Å². The van der Waals surface area contributed by atoms with Crippen molar-refractivity contribution in [3.05, 3.63) is 23.8 Å². The molecule has 0 spiro atoms. The Morgan fingerprint density at radius 2 is 1.82 bits per heavy atom. The van der Waals surface area contributed by atoms with E-state index in [1.54, 1.807) is 14.2 Å². The molecule has 0 aliphatic heterocycles. The lowest BCUT2D eigenvalue weighted by molar-refractivity contribution is 0.354. The molecule has 0 saturated carbocycles. The Balaban J connectivity index is 2.84. The van der Waals surface area contributed by atoms with Crippen LogP contribution < -0.4 is 9.47 Å². The quantitative estimate of drug-likeness (QED) is 0.702. The van der Waals surface area contributed by atoms with Gasteiger partial charge in [-0.1, -0.05) is 26.3 Å². The molecule has 3 heteroatoms. The van der Waals surface area contributed by atoms with Gasteiger partial charge in [-0.2, -0.15) is 0 Å².